The second kappa shape index (κ2) is 7.47. The predicted octanol–water partition coefficient (Wildman–Crippen LogP) is 4.74. The van der Waals surface area contributed by atoms with Gasteiger partial charge in [-0.05, 0) is 6.42 Å². The van der Waals surface area contributed by atoms with Gasteiger partial charge in [0, 0.05) is 0 Å². The molecular formula is C13H29AlN-. The van der Waals surface area contributed by atoms with Gasteiger partial charge >= 0.3 is 0 Å². The average molecular weight is 226 g/mol. The Kier molecular flexibility index (Phi) is 7.57. The van der Waals surface area contributed by atoms with Crippen molar-refractivity contribution in [2.75, 3.05) is 0 Å². The fourth-order valence-electron chi connectivity index (χ4n) is 2.71. The van der Waals surface area contributed by atoms with Gasteiger partial charge in [0.2, 0.25) is 0 Å². The second-order valence-electron chi connectivity index (χ2n) is 6.11. The maximum absolute atomic E-state index is 4.97. The van der Waals surface area contributed by atoms with Crippen LogP contribution in [-0.2, 0) is 0 Å². The zero-order chi connectivity index (χ0) is 11.9. The smallest absolute Gasteiger partial charge is 0.273 e. The van der Waals surface area contributed by atoms with E-state index in [2.05, 4.69) is 46.6 Å². The Labute approximate surface area is 99.3 Å². The third-order valence-corrected chi connectivity index (χ3v) is 7.69. The van der Waals surface area contributed by atoms with E-state index >= 15 is 0 Å². The van der Waals surface area contributed by atoms with Gasteiger partial charge in [0.15, 0.2) is 0 Å². The molecule has 0 fully saturated rings. The van der Waals surface area contributed by atoms with Crippen molar-refractivity contribution in [3.63, 3.8) is 0 Å². The molecule has 0 heterocycles. The van der Waals surface area contributed by atoms with E-state index in [1.165, 1.54) is 17.0 Å². The third-order valence-electron chi connectivity index (χ3n) is 2.84. The quantitative estimate of drug-likeness (QED) is 0.439. The number of unbranched alkanes of at least 4 members (excludes halogenated alkanes) is 1. The fraction of sp³-hybridized carbons (Fsp3) is 0.923. The van der Waals surface area contributed by atoms with Gasteiger partial charge in [-0.15, -0.1) is 0 Å². The zero-order valence-corrected chi connectivity index (χ0v) is 12.7. The molecule has 0 saturated carbocycles. The molecule has 0 aliphatic rings. The van der Waals surface area contributed by atoms with Gasteiger partial charge in [-0.3, -0.25) is 0 Å². The monoisotopic (exact) mass is 226 g/mol. The zero-order valence-electron chi connectivity index (χ0n) is 11.6. The number of rotatable bonds is 7. The van der Waals surface area contributed by atoms with Crippen LogP contribution in [0.25, 0.3) is 0 Å². The lowest BCUT2D eigenvalue weighted by atomic mass is 10.3. The minimum atomic E-state index is -1.64. The number of hydrogen-bond donors (Lipinski definition) is 0. The standard InChI is InChI=1S/C4H8N.2C4H9.CH3.Al/c1-2-3-4-5;2*1-4(2)3;;/h4H,2-3H2,1H3;2*4H,1H2,2-3H3;1H3;/q-1;;;;. The lowest BCUT2D eigenvalue weighted by molar-refractivity contribution is 0.678. The number of nitrogens with zero attached hydrogens (tertiary/aromatic N) is 1. The SMILES string of the molecule is CCC/C=[N]/[Al-]([CH3])([CH2]C(C)C)[CH2]C(C)C. The van der Waals surface area contributed by atoms with Gasteiger partial charge in [-0.2, -0.15) is 16.4 Å². The molecule has 0 unspecified atom stereocenters. The largest absolute Gasteiger partial charge is 0.561 e. The molecule has 0 radical (unpaired) electrons. The molecule has 0 aromatic carbocycles. The highest BCUT2D eigenvalue weighted by atomic mass is 27.3. The van der Waals surface area contributed by atoms with E-state index in [0.717, 1.165) is 18.3 Å². The van der Waals surface area contributed by atoms with Crippen molar-refractivity contribution in [2.24, 2.45) is 15.8 Å². The van der Waals surface area contributed by atoms with Crippen LogP contribution in [-0.4, -0.2) is 19.5 Å². The van der Waals surface area contributed by atoms with E-state index in [-0.39, 0.29) is 0 Å². The summed E-state index contributed by atoms with van der Waals surface area (Å²) in [5, 5.41) is 2.73. The molecule has 15 heavy (non-hydrogen) atoms. The first-order valence-electron chi connectivity index (χ1n) is 6.65. The van der Waals surface area contributed by atoms with Gasteiger partial charge in [0.25, 0.3) is 13.3 Å². The molecular weight excluding hydrogens is 197 g/mol. The minimum Gasteiger partial charge on any atom is -0.561 e. The van der Waals surface area contributed by atoms with Crippen molar-refractivity contribution in [2.45, 2.75) is 63.8 Å². The Morgan fingerprint density at radius 3 is 1.87 bits per heavy atom. The van der Waals surface area contributed by atoms with Crippen LogP contribution in [0.1, 0.15) is 47.5 Å². The van der Waals surface area contributed by atoms with Crippen LogP contribution in [0.3, 0.4) is 0 Å². The highest BCUT2D eigenvalue weighted by molar-refractivity contribution is 6.77. The normalized spacial score (nSPS) is 13.3. The molecule has 0 bridgehead atoms. The Balaban J connectivity index is 4.39. The van der Waals surface area contributed by atoms with Crippen molar-refractivity contribution < 1.29 is 0 Å². The van der Waals surface area contributed by atoms with Crippen molar-refractivity contribution in [3.8, 4) is 0 Å². The summed E-state index contributed by atoms with van der Waals surface area (Å²) in [6, 6.07) is 0. The molecule has 0 amide bonds. The highest BCUT2D eigenvalue weighted by Crippen LogP contribution is 2.26. The molecule has 0 rings (SSSR count). The lowest BCUT2D eigenvalue weighted by Gasteiger charge is -2.31. The van der Waals surface area contributed by atoms with E-state index < -0.39 is 13.3 Å². The van der Waals surface area contributed by atoms with Crippen LogP contribution in [0, 0.1) is 11.8 Å². The first kappa shape index (κ1) is 15.2. The molecule has 0 spiro atoms. The second-order valence-corrected chi connectivity index (χ2v) is 10.8. The fourth-order valence-corrected chi connectivity index (χ4v) is 7.86. The summed E-state index contributed by atoms with van der Waals surface area (Å²) in [5.74, 6) is 4.08. The molecule has 0 saturated heterocycles. The Hall–Kier alpha value is 0.202. The summed E-state index contributed by atoms with van der Waals surface area (Å²) in [5.41, 5.74) is 0. The van der Waals surface area contributed by atoms with Crippen LogP contribution in [0.15, 0.2) is 3.98 Å². The summed E-state index contributed by atoms with van der Waals surface area (Å²) in [6.45, 7) is 11.5. The molecule has 90 valence electrons. The minimum absolute atomic E-state index is 0.803. The molecule has 0 aromatic heterocycles. The summed E-state index contributed by atoms with van der Waals surface area (Å²) in [4.78, 5) is 0. The third kappa shape index (κ3) is 8.06. The molecule has 0 N–H and O–H groups in total. The van der Waals surface area contributed by atoms with E-state index in [4.69, 9.17) is 3.98 Å². The summed E-state index contributed by atoms with van der Waals surface area (Å²) >= 11 is -1.64. The summed E-state index contributed by atoms with van der Waals surface area (Å²) < 4.78 is 4.97. The average Bonchev–Trinajstić information content (AvgIpc) is 2.00. The van der Waals surface area contributed by atoms with Gasteiger partial charge < -0.3 is 3.98 Å². The van der Waals surface area contributed by atoms with Gasteiger partial charge in [-0.25, -0.2) is 0 Å². The Bertz CT molecular complexity index is 175. The summed E-state index contributed by atoms with van der Waals surface area (Å²) in [7, 11) is 0. The lowest BCUT2D eigenvalue weighted by Crippen LogP contribution is -2.31. The van der Waals surface area contributed by atoms with Crippen LogP contribution in [0.5, 0.6) is 0 Å². The Morgan fingerprint density at radius 2 is 1.53 bits per heavy atom. The maximum atomic E-state index is 4.97. The topological polar surface area (TPSA) is 12.4 Å². The molecule has 0 aliphatic heterocycles. The van der Waals surface area contributed by atoms with Gasteiger partial charge in [0.1, 0.15) is 0 Å². The Morgan fingerprint density at radius 1 is 1.07 bits per heavy atom. The first-order chi connectivity index (χ1) is 6.89. The van der Waals surface area contributed by atoms with Crippen LogP contribution < -0.4 is 0 Å². The molecule has 0 aliphatic carbocycles. The summed E-state index contributed by atoms with van der Waals surface area (Å²) in [6.07, 6.45) is 4.59. The predicted molar refractivity (Wildman–Crippen MR) is 74.3 cm³/mol. The van der Waals surface area contributed by atoms with Crippen LogP contribution in [0.4, 0.5) is 0 Å². The highest BCUT2D eigenvalue weighted by Gasteiger charge is 2.25. The van der Waals surface area contributed by atoms with E-state index in [0.29, 0.717) is 0 Å². The van der Waals surface area contributed by atoms with E-state index in [1.807, 2.05) is 0 Å². The molecule has 0 atom stereocenters. The van der Waals surface area contributed by atoms with Crippen LogP contribution >= 0.6 is 0 Å². The van der Waals surface area contributed by atoms with E-state index in [9.17, 15) is 0 Å². The van der Waals surface area contributed by atoms with Crippen molar-refractivity contribution in [1.82, 2.24) is 0 Å². The molecule has 0 aromatic rings. The van der Waals surface area contributed by atoms with Crippen LogP contribution in [0.2, 0.25) is 16.4 Å². The van der Waals surface area contributed by atoms with Crippen molar-refractivity contribution >= 4 is 19.5 Å². The maximum Gasteiger partial charge on any atom is 0.273 e. The van der Waals surface area contributed by atoms with Crippen molar-refractivity contribution in [1.29, 1.82) is 0 Å². The first-order valence-corrected chi connectivity index (χ1v) is 9.96. The number of hydrogen-bond acceptors (Lipinski definition) is 1. The van der Waals surface area contributed by atoms with Gasteiger partial charge in [0.05, 0.1) is 0 Å². The van der Waals surface area contributed by atoms with Gasteiger partial charge in [-0.1, -0.05) is 59.1 Å². The van der Waals surface area contributed by atoms with Crippen molar-refractivity contribution in [3.05, 3.63) is 0 Å². The molecule has 2 heteroatoms. The van der Waals surface area contributed by atoms with E-state index in [1.54, 1.807) is 0 Å². The molecule has 1 nitrogen and oxygen atoms in total.